The number of rotatable bonds is 4. The van der Waals surface area contributed by atoms with Gasteiger partial charge in [0.1, 0.15) is 6.54 Å². The molecule has 0 atom stereocenters. The zero-order valence-electron chi connectivity index (χ0n) is 17.2. The van der Waals surface area contributed by atoms with Gasteiger partial charge in [-0.05, 0) is 44.0 Å². The van der Waals surface area contributed by atoms with Gasteiger partial charge in [-0.3, -0.25) is 29.8 Å². The van der Waals surface area contributed by atoms with Crippen molar-refractivity contribution in [1.82, 2.24) is 20.6 Å². The number of hydrogen-bond donors (Lipinski definition) is 2. The van der Waals surface area contributed by atoms with Crippen LogP contribution in [-0.4, -0.2) is 59.1 Å². The predicted octanol–water partition coefficient (Wildman–Crippen LogP) is 1.06. The number of benzene rings is 1. The summed E-state index contributed by atoms with van der Waals surface area (Å²) in [5.74, 6) is -0.486. The van der Waals surface area contributed by atoms with Crippen molar-refractivity contribution in [3.05, 3.63) is 59.9 Å². The van der Waals surface area contributed by atoms with E-state index in [1.165, 1.54) is 11.2 Å². The molecule has 1 saturated heterocycles. The van der Waals surface area contributed by atoms with E-state index in [4.69, 9.17) is 0 Å². The first-order valence-corrected chi connectivity index (χ1v) is 10.2. The minimum atomic E-state index is -0.248. The number of aromatic nitrogens is 1. The Labute approximate surface area is 180 Å². The number of amides is 3. The summed E-state index contributed by atoms with van der Waals surface area (Å²) in [6, 6.07) is 10.9. The number of anilines is 1. The molecular formula is C22H24N6O3. The molecule has 1 aromatic heterocycles. The Hall–Kier alpha value is -3.75. The first kappa shape index (κ1) is 20.5. The molecule has 0 spiro atoms. The highest BCUT2D eigenvalue weighted by molar-refractivity contribution is 6.39. The maximum Gasteiger partial charge on any atom is 0.290 e. The Bertz CT molecular complexity index is 998. The number of aryl methyl sites for hydroxylation is 1. The van der Waals surface area contributed by atoms with Crippen molar-refractivity contribution in [3.63, 3.8) is 0 Å². The minimum Gasteiger partial charge on any atom is -0.349 e. The molecule has 1 aromatic carbocycles. The van der Waals surface area contributed by atoms with Crippen LogP contribution in [0.4, 0.5) is 5.69 Å². The van der Waals surface area contributed by atoms with Gasteiger partial charge in [0, 0.05) is 31.5 Å². The van der Waals surface area contributed by atoms with E-state index in [0.29, 0.717) is 37.2 Å². The molecule has 3 amide bonds. The summed E-state index contributed by atoms with van der Waals surface area (Å²) in [6.45, 7) is 2.88. The van der Waals surface area contributed by atoms with E-state index < -0.39 is 0 Å². The number of carbonyl (C=O) groups excluding carboxylic acids is 3. The first-order chi connectivity index (χ1) is 15.0. The molecule has 2 aliphatic heterocycles. The van der Waals surface area contributed by atoms with Crippen molar-refractivity contribution < 1.29 is 14.4 Å². The molecule has 0 saturated carbocycles. The van der Waals surface area contributed by atoms with E-state index in [9.17, 15) is 14.4 Å². The Kier molecular flexibility index (Phi) is 5.92. The van der Waals surface area contributed by atoms with Gasteiger partial charge >= 0.3 is 0 Å². The van der Waals surface area contributed by atoms with Gasteiger partial charge in [0.15, 0.2) is 0 Å². The molecule has 0 radical (unpaired) electrons. The van der Waals surface area contributed by atoms with E-state index in [1.807, 2.05) is 31.2 Å². The van der Waals surface area contributed by atoms with E-state index in [-0.39, 0.29) is 36.1 Å². The van der Waals surface area contributed by atoms with E-state index >= 15 is 0 Å². The van der Waals surface area contributed by atoms with E-state index in [1.54, 1.807) is 23.2 Å². The number of amidine groups is 1. The molecule has 9 heteroatoms. The number of piperidine rings is 1. The zero-order chi connectivity index (χ0) is 21.8. The maximum absolute atomic E-state index is 12.9. The van der Waals surface area contributed by atoms with Crippen molar-refractivity contribution >= 4 is 29.2 Å². The molecule has 4 rings (SSSR count). The smallest absolute Gasteiger partial charge is 0.290 e. The molecule has 2 aromatic rings. The lowest BCUT2D eigenvalue weighted by atomic mass is 10.0. The number of aliphatic imine (C=N–C) groups is 1. The van der Waals surface area contributed by atoms with Crippen LogP contribution in [0, 0.1) is 6.92 Å². The lowest BCUT2D eigenvalue weighted by Crippen LogP contribution is -2.57. The number of nitrogens with zero attached hydrogens (tertiary/aromatic N) is 4. The maximum atomic E-state index is 12.9. The second-order valence-electron chi connectivity index (χ2n) is 7.62. The zero-order valence-corrected chi connectivity index (χ0v) is 17.2. The topological polar surface area (TPSA) is 107 Å². The largest absolute Gasteiger partial charge is 0.349 e. The Morgan fingerprint density at radius 3 is 2.55 bits per heavy atom. The second-order valence-corrected chi connectivity index (χ2v) is 7.62. The van der Waals surface area contributed by atoms with Gasteiger partial charge in [-0.2, -0.15) is 0 Å². The van der Waals surface area contributed by atoms with Crippen LogP contribution in [-0.2, 0) is 9.59 Å². The third-order valence-corrected chi connectivity index (χ3v) is 5.38. The van der Waals surface area contributed by atoms with Gasteiger partial charge in [0.05, 0.1) is 11.3 Å². The summed E-state index contributed by atoms with van der Waals surface area (Å²) in [5.41, 5.74) is 5.12. The lowest BCUT2D eigenvalue weighted by Gasteiger charge is -2.34. The third kappa shape index (κ3) is 4.71. The van der Waals surface area contributed by atoms with Crippen LogP contribution >= 0.6 is 0 Å². The first-order valence-electron chi connectivity index (χ1n) is 10.2. The van der Waals surface area contributed by atoms with Gasteiger partial charge in [-0.15, -0.1) is 0 Å². The Balaban J connectivity index is 1.33. The molecule has 31 heavy (non-hydrogen) atoms. The minimum absolute atomic E-state index is 0.0105. The highest BCUT2D eigenvalue weighted by Gasteiger charge is 2.31. The van der Waals surface area contributed by atoms with Gasteiger partial charge in [-0.1, -0.05) is 17.7 Å². The number of nitrogens with one attached hydrogen (secondary N) is 2. The van der Waals surface area contributed by atoms with Crippen LogP contribution in [0.2, 0.25) is 0 Å². The van der Waals surface area contributed by atoms with Crippen LogP contribution in [0.1, 0.15) is 28.8 Å². The van der Waals surface area contributed by atoms with Crippen molar-refractivity contribution in [3.8, 4) is 0 Å². The van der Waals surface area contributed by atoms with Crippen molar-refractivity contribution in [1.29, 1.82) is 0 Å². The predicted molar refractivity (Wildman–Crippen MR) is 115 cm³/mol. The molecular weight excluding hydrogens is 396 g/mol. The second kappa shape index (κ2) is 8.95. The summed E-state index contributed by atoms with van der Waals surface area (Å²) >= 11 is 0. The van der Waals surface area contributed by atoms with Gasteiger partial charge in [-0.25, -0.2) is 5.01 Å². The number of likely N-dealkylation sites (tertiary alicyclic amines) is 1. The molecule has 2 aliphatic rings. The normalized spacial score (nSPS) is 17.1. The standard InChI is InChI=1S/C22H24N6O3/c1-15-4-6-18(7-5-15)28-19(29)14-24-20(26-28)22(31)27-11-8-17(9-12-27)25-21(30)16-3-2-10-23-13-16/h2-7,10,13,17H,8-9,11-12,14H2,1H3,(H,24,26)(H,25,30). The summed E-state index contributed by atoms with van der Waals surface area (Å²) in [6.07, 6.45) is 4.44. The molecule has 160 valence electrons. The van der Waals surface area contributed by atoms with E-state index in [2.05, 4.69) is 20.7 Å². The van der Waals surface area contributed by atoms with Crippen LogP contribution in [0.5, 0.6) is 0 Å². The summed E-state index contributed by atoms with van der Waals surface area (Å²) < 4.78 is 0. The fraction of sp³-hybridized carbons (Fsp3) is 0.318. The number of hydrogen-bond acceptors (Lipinski definition) is 6. The quantitative estimate of drug-likeness (QED) is 0.769. The molecule has 3 heterocycles. The molecule has 1 fully saturated rings. The SMILES string of the molecule is Cc1ccc(N2NC(C(=O)N3CCC(NC(=O)c4cccnc4)CC3)=NCC2=O)cc1. The molecule has 2 N–H and O–H groups in total. The van der Waals surface area contributed by atoms with Crippen LogP contribution in [0.15, 0.2) is 53.8 Å². The number of carbonyl (C=O) groups is 3. The van der Waals surface area contributed by atoms with Crippen molar-refractivity contribution in [2.75, 3.05) is 24.6 Å². The Morgan fingerprint density at radius 2 is 1.87 bits per heavy atom. The third-order valence-electron chi connectivity index (χ3n) is 5.38. The Morgan fingerprint density at radius 1 is 1.13 bits per heavy atom. The summed E-state index contributed by atoms with van der Waals surface area (Å²) in [5, 5.41) is 4.36. The molecule has 0 bridgehead atoms. The lowest BCUT2D eigenvalue weighted by molar-refractivity contribution is -0.125. The van der Waals surface area contributed by atoms with E-state index in [0.717, 1.165) is 5.56 Å². The molecule has 0 unspecified atom stereocenters. The number of hydrazine groups is 1. The average Bonchev–Trinajstić information content (AvgIpc) is 2.81. The van der Waals surface area contributed by atoms with Gasteiger partial charge in [0.2, 0.25) is 5.84 Å². The van der Waals surface area contributed by atoms with Crippen LogP contribution in [0.3, 0.4) is 0 Å². The molecule has 9 nitrogen and oxygen atoms in total. The fourth-order valence-electron chi connectivity index (χ4n) is 3.58. The monoisotopic (exact) mass is 420 g/mol. The van der Waals surface area contributed by atoms with Gasteiger partial charge in [0.25, 0.3) is 17.7 Å². The van der Waals surface area contributed by atoms with Crippen LogP contribution in [0.25, 0.3) is 0 Å². The molecule has 0 aliphatic carbocycles. The van der Waals surface area contributed by atoms with Crippen molar-refractivity contribution in [2.24, 2.45) is 4.99 Å². The highest BCUT2D eigenvalue weighted by atomic mass is 16.2. The fourth-order valence-corrected chi connectivity index (χ4v) is 3.58. The van der Waals surface area contributed by atoms with Crippen LogP contribution < -0.4 is 15.8 Å². The highest BCUT2D eigenvalue weighted by Crippen LogP contribution is 2.17. The summed E-state index contributed by atoms with van der Waals surface area (Å²) in [7, 11) is 0. The average molecular weight is 420 g/mol. The van der Waals surface area contributed by atoms with Crippen molar-refractivity contribution in [2.45, 2.75) is 25.8 Å². The summed E-state index contributed by atoms with van der Waals surface area (Å²) in [4.78, 5) is 47.3. The van der Waals surface area contributed by atoms with Gasteiger partial charge < -0.3 is 10.2 Å². The number of pyridine rings is 1.